The molecule has 1 amide bonds. The Hall–Kier alpha value is -1.84. The monoisotopic (exact) mass is 315 g/mol. The minimum absolute atomic E-state index is 0.0236. The summed E-state index contributed by atoms with van der Waals surface area (Å²) in [6, 6.07) is 8.34. The molecule has 124 valence electrons. The van der Waals surface area contributed by atoms with Gasteiger partial charge in [-0.1, -0.05) is 24.3 Å². The Morgan fingerprint density at radius 3 is 2.61 bits per heavy atom. The van der Waals surface area contributed by atoms with E-state index in [4.69, 9.17) is 5.11 Å². The lowest BCUT2D eigenvalue weighted by atomic mass is 9.81. The van der Waals surface area contributed by atoms with E-state index in [2.05, 4.69) is 18.2 Å². The summed E-state index contributed by atoms with van der Waals surface area (Å²) in [4.78, 5) is 25.6. The van der Waals surface area contributed by atoms with Gasteiger partial charge in [0.15, 0.2) is 0 Å². The van der Waals surface area contributed by atoms with Gasteiger partial charge in [-0.05, 0) is 55.6 Å². The van der Waals surface area contributed by atoms with E-state index in [0.29, 0.717) is 5.92 Å². The SMILES string of the molecule is O=C(O)CCC1CCN(C(=O)C2CCCc3ccccc32)CC1. The number of rotatable bonds is 4. The summed E-state index contributed by atoms with van der Waals surface area (Å²) < 4.78 is 0. The van der Waals surface area contributed by atoms with Crippen molar-refractivity contribution in [3.8, 4) is 0 Å². The van der Waals surface area contributed by atoms with E-state index in [0.717, 1.165) is 51.6 Å². The molecular weight excluding hydrogens is 290 g/mol. The van der Waals surface area contributed by atoms with Crippen molar-refractivity contribution >= 4 is 11.9 Å². The van der Waals surface area contributed by atoms with Gasteiger partial charge in [-0.25, -0.2) is 0 Å². The van der Waals surface area contributed by atoms with E-state index in [1.54, 1.807) is 0 Å². The summed E-state index contributed by atoms with van der Waals surface area (Å²) >= 11 is 0. The van der Waals surface area contributed by atoms with Gasteiger partial charge >= 0.3 is 5.97 Å². The first kappa shape index (κ1) is 16.0. The number of aryl methyl sites for hydroxylation is 1. The third-order valence-corrected chi connectivity index (χ3v) is 5.36. The fourth-order valence-electron chi connectivity index (χ4n) is 4.00. The Morgan fingerprint density at radius 2 is 1.87 bits per heavy atom. The van der Waals surface area contributed by atoms with Crippen LogP contribution >= 0.6 is 0 Å². The summed E-state index contributed by atoms with van der Waals surface area (Å²) in [5.41, 5.74) is 2.55. The van der Waals surface area contributed by atoms with Crippen LogP contribution in [0.5, 0.6) is 0 Å². The summed E-state index contributed by atoms with van der Waals surface area (Å²) in [6.07, 6.45) is 5.98. The molecule has 1 saturated heterocycles. The lowest BCUT2D eigenvalue weighted by Gasteiger charge is -2.35. The number of carbonyl (C=O) groups excluding carboxylic acids is 1. The van der Waals surface area contributed by atoms with Crippen LogP contribution < -0.4 is 0 Å². The van der Waals surface area contributed by atoms with Crippen LogP contribution in [0.1, 0.15) is 55.6 Å². The van der Waals surface area contributed by atoms with Crippen LogP contribution in [0.2, 0.25) is 0 Å². The van der Waals surface area contributed by atoms with Crippen molar-refractivity contribution in [1.29, 1.82) is 0 Å². The normalized spacial score (nSPS) is 21.7. The molecule has 23 heavy (non-hydrogen) atoms. The highest BCUT2D eigenvalue weighted by molar-refractivity contribution is 5.84. The molecule has 3 rings (SSSR count). The molecule has 1 aromatic rings. The first-order valence-corrected chi connectivity index (χ1v) is 8.73. The van der Waals surface area contributed by atoms with Gasteiger partial charge in [-0.15, -0.1) is 0 Å². The molecule has 1 aliphatic heterocycles. The molecule has 1 aromatic carbocycles. The smallest absolute Gasteiger partial charge is 0.303 e. The Morgan fingerprint density at radius 1 is 1.13 bits per heavy atom. The molecule has 0 radical (unpaired) electrons. The molecule has 0 aromatic heterocycles. The Balaban J connectivity index is 1.59. The van der Waals surface area contributed by atoms with E-state index in [1.165, 1.54) is 11.1 Å². The molecular formula is C19H25NO3. The number of likely N-dealkylation sites (tertiary alicyclic amines) is 1. The summed E-state index contributed by atoms with van der Waals surface area (Å²) in [6.45, 7) is 1.56. The number of hydrogen-bond acceptors (Lipinski definition) is 2. The van der Waals surface area contributed by atoms with Crippen LogP contribution in [0.3, 0.4) is 0 Å². The molecule has 0 saturated carbocycles. The molecule has 4 heteroatoms. The van der Waals surface area contributed by atoms with Gasteiger partial charge in [0.25, 0.3) is 0 Å². The predicted molar refractivity (Wildman–Crippen MR) is 88.3 cm³/mol. The minimum Gasteiger partial charge on any atom is -0.481 e. The zero-order chi connectivity index (χ0) is 16.2. The standard InChI is InChI=1S/C19H25NO3/c21-18(22)9-8-14-10-12-20(13-11-14)19(23)17-7-3-5-15-4-1-2-6-16(15)17/h1-2,4,6,14,17H,3,5,7-13H2,(H,21,22). The number of nitrogens with zero attached hydrogens (tertiary/aromatic N) is 1. The number of carbonyl (C=O) groups is 2. The van der Waals surface area contributed by atoms with Crippen molar-refractivity contribution in [2.45, 2.75) is 50.9 Å². The second kappa shape index (κ2) is 7.16. The number of hydrogen-bond donors (Lipinski definition) is 1. The number of aliphatic carboxylic acids is 1. The zero-order valence-electron chi connectivity index (χ0n) is 13.5. The van der Waals surface area contributed by atoms with Crippen LogP contribution in [-0.4, -0.2) is 35.0 Å². The topological polar surface area (TPSA) is 57.6 Å². The highest BCUT2D eigenvalue weighted by Crippen LogP contribution is 2.34. The molecule has 1 atom stereocenters. The van der Waals surface area contributed by atoms with E-state index >= 15 is 0 Å². The Labute approximate surface area is 137 Å². The van der Waals surface area contributed by atoms with Crippen LogP contribution in [0.15, 0.2) is 24.3 Å². The highest BCUT2D eigenvalue weighted by Gasteiger charge is 2.31. The van der Waals surface area contributed by atoms with Gasteiger partial charge in [-0.2, -0.15) is 0 Å². The number of amides is 1. The first-order chi connectivity index (χ1) is 11.1. The van der Waals surface area contributed by atoms with E-state index in [1.807, 2.05) is 11.0 Å². The molecule has 1 fully saturated rings. The van der Waals surface area contributed by atoms with E-state index < -0.39 is 5.97 Å². The van der Waals surface area contributed by atoms with E-state index in [-0.39, 0.29) is 18.2 Å². The predicted octanol–water partition coefficient (Wildman–Crippen LogP) is 3.21. The minimum atomic E-state index is -0.720. The van der Waals surface area contributed by atoms with Gasteiger partial charge in [0.05, 0.1) is 5.92 Å². The second-order valence-corrected chi connectivity index (χ2v) is 6.84. The van der Waals surface area contributed by atoms with Crippen molar-refractivity contribution in [3.63, 3.8) is 0 Å². The van der Waals surface area contributed by atoms with Crippen molar-refractivity contribution in [1.82, 2.24) is 4.90 Å². The largest absolute Gasteiger partial charge is 0.481 e. The zero-order valence-corrected chi connectivity index (χ0v) is 13.5. The fourth-order valence-corrected chi connectivity index (χ4v) is 4.00. The average Bonchev–Trinajstić information content (AvgIpc) is 2.59. The molecule has 1 aliphatic carbocycles. The molecule has 2 aliphatic rings. The molecule has 0 bridgehead atoms. The van der Waals surface area contributed by atoms with Crippen molar-refractivity contribution in [2.75, 3.05) is 13.1 Å². The van der Waals surface area contributed by atoms with Crippen molar-refractivity contribution < 1.29 is 14.7 Å². The molecule has 0 spiro atoms. The fraction of sp³-hybridized carbons (Fsp3) is 0.579. The van der Waals surface area contributed by atoms with Gasteiger partial charge in [-0.3, -0.25) is 9.59 Å². The number of piperidine rings is 1. The molecule has 4 nitrogen and oxygen atoms in total. The third kappa shape index (κ3) is 3.74. The average molecular weight is 315 g/mol. The summed E-state index contributed by atoms with van der Waals surface area (Å²) in [5, 5.41) is 8.78. The van der Waals surface area contributed by atoms with Crippen molar-refractivity contribution in [3.05, 3.63) is 35.4 Å². The summed E-state index contributed by atoms with van der Waals surface area (Å²) in [5.74, 6) is 0.0282. The number of benzene rings is 1. The third-order valence-electron chi connectivity index (χ3n) is 5.36. The maximum atomic E-state index is 12.9. The lowest BCUT2D eigenvalue weighted by Crippen LogP contribution is -2.41. The number of fused-ring (bicyclic) bond motifs is 1. The van der Waals surface area contributed by atoms with Crippen molar-refractivity contribution in [2.24, 2.45) is 5.92 Å². The van der Waals surface area contributed by atoms with Gasteiger partial charge < -0.3 is 10.0 Å². The summed E-state index contributed by atoms with van der Waals surface area (Å²) in [7, 11) is 0. The lowest BCUT2D eigenvalue weighted by molar-refractivity contribution is -0.138. The van der Waals surface area contributed by atoms with E-state index in [9.17, 15) is 9.59 Å². The van der Waals surface area contributed by atoms with Crippen LogP contribution in [0.4, 0.5) is 0 Å². The maximum Gasteiger partial charge on any atom is 0.303 e. The molecule has 1 N–H and O–H groups in total. The van der Waals surface area contributed by atoms with Crippen LogP contribution in [0.25, 0.3) is 0 Å². The van der Waals surface area contributed by atoms with Crippen LogP contribution in [0, 0.1) is 5.92 Å². The molecule has 1 heterocycles. The first-order valence-electron chi connectivity index (χ1n) is 8.73. The molecule has 1 unspecified atom stereocenters. The Kier molecular flexibility index (Phi) is 4.99. The Bertz CT molecular complexity index is 576. The number of carboxylic acid groups (broad SMARTS) is 1. The maximum absolute atomic E-state index is 12.9. The number of carboxylic acids is 1. The van der Waals surface area contributed by atoms with Gasteiger partial charge in [0.2, 0.25) is 5.91 Å². The van der Waals surface area contributed by atoms with Gasteiger partial charge in [0, 0.05) is 19.5 Å². The highest BCUT2D eigenvalue weighted by atomic mass is 16.4. The second-order valence-electron chi connectivity index (χ2n) is 6.84. The van der Waals surface area contributed by atoms with Gasteiger partial charge in [0.1, 0.15) is 0 Å². The van der Waals surface area contributed by atoms with Crippen LogP contribution in [-0.2, 0) is 16.0 Å². The quantitative estimate of drug-likeness (QED) is 0.928.